The molecule has 0 amide bonds. The molecule has 104 valence electrons. The Balaban J connectivity index is 2.00. The topological polar surface area (TPSA) is 9.23 Å². The van der Waals surface area contributed by atoms with Gasteiger partial charge in [-0.05, 0) is 48.2 Å². The predicted octanol–water partition coefficient (Wildman–Crippen LogP) is 5.85. The summed E-state index contributed by atoms with van der Waals surface area (Å²) in [6, 6.07) is 16.5. The van der Waals surface area contributed by atoms with Gasteiger partial charge >= 0.3 is 0 Å². The zero-order valence-electron chi connectivity index (χ0n) is 12.3. The number of rotatable bonds is 6. The molecule has 0 aliphatic rings. The SMILES string of the molecule is CCC=Cc1ccc(Oc2ccc(CCC)cc2)cc1. The molecule has 0 atom stereocenters. The second kappa shape index (κ2) is 7.54. The summed E-state index contributed by atoms with van der Waals surface area (Å²) >= 11 is 0. The van der Waals surface area contributed by atoms with Crippen LogP contribution in [0.25, 0.3) is 6.08 Å². The third-order valence-electron chi connectivity index (χ3n) is 3.12. The van der Waals surface area contributed by atoms with Crippen LogP contribution in [0.4, 0.5) is 0 Å². The standard InChI is InChI=1S/C19H22O/c1-3-5-7-17-10-14-19(15-11-17)20-18-12-8-16(6-4-2)9-13-18/h5,7-15H,3-4,6H2,1-2H3. The highest BCUT2D eigenvalue weighted by Crippen LogP contribution is 2.22. The maximum Gasteiger partial charge on any atom is 0.127 e. The van der Waals surface area contributed by atoms with Gasteiger partial charge in [-0.25, -0.2) is 0 Å². The summed E-state index contributed by atoms with van der Waals surface area (Å²) in [5.74, 6) is 1.77. The Morgan fingerprint density at radius 1 is 0.850 bits per heavy atom. The normalized spacial score (nSPS) is 10.9. The Morgan fingerprint density at radius 3 is 2.00 bits per heavy atom. The summed E-state index contributed by atoms with van der Waals surface area (Å²) < 4.78 is 5.85. The Bertz CT molecular complexity index is 535. The Morgan fingerprint density at radius 2 is 1.45 bits per heavy atom. The first kappa shape index (κ1) is 14.4. The van der Waals surface area contributed by atoms with E-state index in [1.807, 2.05) is 24.3 Å². The van der Waals surface area contributed by atoms with E-state index in [-0.39, 0.29) is 0 Å². The van der Waals surface area contributed by atoms with Gasteiger partial charge in [-0.1, -0.05) is 56.7 Å². The van der Waals surface area contributed by atoms with Crippen molar-refractivity contribution in [2.45, 2.75) is 33.1 Å². The van der Waals surface area contributed by atoms with E-state index < -0.39 is 0 Å². The molecule has 0 aliphatic heterocycles. The Labute approximate surface area is 121 Å². The molecule has 2 rings (SSSR count). The molecular formula is C19H22O. The number of aryl methyl sites for hydroxylation is 1. The first-order valence-electron chi connectivity index (χ1n) is 7.35. The fraction of sp³-hybridized carbons (Fsp3) is 0.263. The molecule has 0 unspecified atom stereocenters. The van der Waals surface area contributed by atoms with Gasteiger partial charge < -0.3 is 4.74 Å². The highest BCUT2D eigenvalue weighted by Gasteiger charge is 1.98. The smallest absolute Gasteiger partial charge is 0.127 e. The molecule has 0 heterocycles. The molecule has 2 aromatic carbocycles. The maximum atomic E-state index is 5.85. The lowest BCUT2D eigenvalue weighted by Crippen LogP contribution is -1.86. The van der Waals surface area contributed by atoms with Crippen LogP contribution in [0.2, 0.25) is 0 Å². The van der Waals surface area contributed by atoms with E-state index >= 15 is 0 Å². The van der Waals surface area contributed by atoms with Gasteiger partial charge in [-0.2, -0.15) is 0 Å². The van der Waals surface area contributed by atoms with Crippen LogP contribution in [-0.4, -0.2) is 0 Å². The summed E-state index contributed by atoms with van der Waals surface area (Å²) in [5, 5.41) is 0. The largest absolute Gasteiger partial charge is 0.457 e. The predicted molar refractivity (Wildman–Crippen MR) is 86.3 cm³/mol. The molecule has 0 radical (unpaired) electrons. The van der Waals surface area contributed by atoms with Gasteiger partial charge in [0.2, 0.25) is 0 Å². The van der Waals surface area contributed by atoms with Crippen molar-refractivity contribution in [1.29, 1.82) is 0 Å². The van der Waals surface area contributed by atoms with E-state index in [4.69, 9.17) is 4.74 Å². The summed E-state index contributed by atoms with van der Waals surface area (Å²) in [6.07, 6.45) is 7.64. The van der Waals surface area contributed by atoms with E-state index in [2.05, 4.69) is 50.3 Å². The molecule has 1 heteroatoms. The van der Waals surface area contributed by atoms with E-state index in [9.17, 15) is 0 Å². The molecule has 0 saturated heterocycles. The van der Waals surface area contributed by atoms with Crippen molar-refractivity contribution in [3.63, 3.8) is 0 Å². The fourth-order valence-corrected chi connectivity index (χ4v) is 2.05. The van der Waals surface area contributed by atoms with Crippen molar-refractivity contribution in [2.75, 3.05) is 0 Å². The molecule has 0 aromatic heterocycles. The van der Waals surface area contributed by atoms with Crippen LogP contribution in [0.15, 0.2) is 54.6 Å². The van der Waals surface area contributed by atoms with Gasteiger partial charge in [0, 0.05) is 0 Å². The minimum atomic E-state index is 0.877. The van der Waals surface area contributed by atoms with Crippen molar-refractivity contribution in [3.05, 3.63) is 65.7 Å². The van der Waals surface area contributed by atoms with Gasteiger partial charge in [0.25, 0.3) is 0 Å². The quantitative estimate of drug-likeness (QED) is 0.636. The Hall–Kier alpha value is -2.02. The first-order chi connectivity index (χ1) is 9.81. The van der Waals surface area contributed by atoms with Crippen LogP contribution in [0.1, 0.15) is 37.8 Å². The minimum absolute atomic E-state index is 0.877. The molecule has 20 heavy (non-hydrogen) atoms. The van der Waals surface area contributed by atoms with Crippen LogP contribution in [0, 0.1) is 0 Å². The molecule has 0 aliphatic carbocycles. The summed E-state index contributed by atoms with van der Waals surface area (Å²) in [5.41, 5.74) is 2.57. The molecule has 0 N–H and O–H groups in total. The first-order valence-corrected chi connectivity index (χ1v) is 7.35. The van der Waals surface area contributed by atoms with Crippen molar-refractivity contribution >= 4 is 6.08 Å². The average molecular weight is 266 g/mol. The van der Waals surface area contributed by atoms with Crippen LogP contribution < -0.4 is 4.74 Å². The van der Waals surface area contributed by atoms with Crippen LogP contribution in [0.3, 0.4) is 0 Å². The number of benzene rings is 2. The van der Waals surface area contributed by atoms with Crippen molar-refractivity contribution in [1.82, 2.24) is 0 Å². The van der Waals surface area contributed by atoms with Gasteiger partial charge in [-0.3, -0.25) is 0 Å². The van der Waals surface area contributed by atoms with Crippen LogP contribution in [-0.2, 0) is 6.42 Å². The summed E-state index contributed by atoms with van der Waals surface area (Å²) in [7, 11) is 0. The molecule has 0 spiro atoms. The second-order valence-electron chi connectivity index (χ2n) is 4.88. The summed E-state index contributed by atoms with van der Waals surface area (Å²) in [6.45, 7) is 4.33. The fourth-order valence-electron chi connectivity index (χ4n) is 2.05. The number of hydrogen-bond acceptors (Lipinski definition) is 1. The molecule has 0 fully saturated rings. The highest BCUT2D eigenvalue weighted by molar-refractivity contribution is 5.50. The monoisotopic (exact) mass is 266 g/mol. The van der Waals surface area contributed by atoms with E-state index in [1.165, 1.54) is 17.5 Å². The van der Waals surface area contributed by atoms with Gasteiger partial charge in [0.1, 0.15) is 11.5 Å². The zero-order valence-corrected chi connectivity index (χ0v) is 12.3. The van der Waals surface area contributed by atoms with E-state index in [1.54, 1.807) is 0 Å². The van der Waals surface area contributed by atoms with Crippen molar-refractivity contribution < 1.29 is 4.74 Å². The van der Waals surface area contributed by atoms with Crippen LogP contribution in [0.5, 0.6) is 11.5 Å². The Kier molecular flexibility index (Phi) is 5.43. The number of hydrogen-bond donors (Lipinski definition) is 0. The third kappa shape index (κ3) is 4.27. The van der Waals surface area contributed by atoms with E-state index in [0.29, 0.717) is 0 Å². The number of ether oxygens (including phenoxy) is 1. The average Bonchev–Trinajstić information content (AvgIpc) is 2.49. The molecular weight excluding hydrogens is 244 g/mol. The lowest BCUT2D eigenvalue weighted by molar-refractivity contribution is 0.482. The minimum Gasteiger partial charge on any atom is -0.457 e. The summed E-state index contributed by atoms with van der Waals surface area (Å²) in [4.78, 5) is 0. The second-order valence-corrected chi connectivity index (χ2v) is 4.88. The zero-order chi connectivity index (χ0) is 14.2. The number of allylic oxidation sites excluding steroid dienone is 1. The van der Waals surface area contributed by atoms with Gasteiger partial charge in [-0.15, -0.1) is 0 Å². The van der Waals surface area contributed by atoms with Crippen molar-refractivity contribution in [3.8, 4) is 11.5 Å². The van der Waals surface area contributed by atoms with Gasteiger partial charge in [0.15, 0.2) is 0 Å². The van der Waals surface area contributed by atoms with Crippen molar-refractivity contribution in [2.24, 2.45) is 0 Å². The molecule has 1 nitrogen and oxygen atoms in total. The van der Waals surface area contributed by atoms with Gasteiger partial charge in [0.05, 0.1) is 0 Å². The molecule has 2 aromatic rings. The highest BCUT2D eigenvalue weighted by atomic mass is 16.5. The van der Waals surface area contributed by atoms with Crippen LogP contribution >= 0.6 is 0 Å². The molecule has 0 bridgehead atoms. The third-order valence-corrected chi connectivity index (χ3v) is 3.12. The van der Waals surface area contributed by atoms with E-state index in [0.717, 1.165) is 24.3 Å². The lowest BCUT2D eigenvalue weighted by atomic mass is 10.1. The molecule has 0 saturated carbocycles. The lowest BCUT2D eigenvalue weighted by Gasteiger charge is -2.07. The maximum absolute atomic E-state index is 5.85.